The molecule has 140 valence electrons. The Bertz CT molecular complexity index is 1170. The third kappa shape index (κ3) is 4.18. The molecule has 1 heterocycles. The SMILES string of the molecule is N#CC(=Cc1ccc(Oc2ccccc2)cc1)c1cc(N)n(-c2ccccc2)n1. The highest BCUT2D eigenvalue weighted by Gasteiger charge is 2.11. The maximum atomic E-state index is 9.63. The molecule has 4 rings (SSSR count). The molecule has 0 radical (unpaired) electrons. The largest absolute Gasteiger partial charge is 0.457 e. The summed E-state index contributed by atoms with van der Waals surface area (Å²) in [5.74, 6) is 1.97. The van der Waals surface area contributed by atoms with Gasteiger partial charge in [-0.25, -0.2) is 4.68 Å². The number of para-hydroxylation sites is 2. The van der Waals surface area contributed by atoms with Gasteiger partial charge in [-0.15, -0.1) is 0 Å². The summed E-state index contributed by atoms with van der Waals surface area (Å²) >= 11 is 0. The van der Waals surface area contributed by atoms with Crippen LogP contribution in [0.25, 0.3) is 17.3 Å². The van der Waals surface area contributed by atoms with Crippen LogP contribution in [0.5, 0.6) is 11.5 Å². The molecule has 0 aliphatic heterocycles. The van der Waals surface area contributed by atoms with E-state index < -0.39 is 0 Å². The summed E-state index contributed by atoms with van der Waals surface area (Å²) in [5.41, 5.74) is 8.77. The van der Waals surface area contributed by atoms with Crippen LogP contribution in [0.1, 0.15) is 11.3 Å². The summed E-state index contributed by atoms with van der Waals surface area (Å²) in [6.07, 6.45) is 1.78. The summed E-state index contributed by atoms with van der Waals surface area (Å²) in [7, 11) is 0. The number of hydrogen-bond donors (Lipinski definition) is 1. The van der Waals surface area contributed by atoms with E-state index in [1.165, 1.54) is 0 Å². The summed E-state index contributed by atoms with van der Waals surface area (Å²) in [4.78, 5) is 0. The second-order valence-corrected chi connectivity index (χ2v) is 6.36. The van der Waals surface area contributed by atoms with Crippen LogP contribution in [0.4, 0.5) is 5.82 Å². The fourth-order valence-corrected chi connectivity index (χ4v) is 2.89. The minimum Gasteiger partial charge on any atom is -0.457 e. The van der Waals surface area contributed by atoms with E-state index in [0.717, 1.165) is 22.7 Å². The van der Waals surface area contributed by atoms with Crippen molar-refractivity contribution in [2.45, 2.75) is 0 Å². The number of nitriles is 1. The van der Waals surface area contributed by atoms with E-state index in [4.69, 9.17) is 10.5 Å². The highest BCUT2D eigenvalue weighted by molar-refractivity contribution is 5.89. The molecule has 5 nitrogen and oxygen atoms in total. The molecule has 0 saturated heterocycles. The van der Waals surface area contributed by atoms with Gasteiger partial charge in [-0.2, -0.15) is 10.4 Å². The Morgan fingerprint density at radius 3 is 2.17 bits per heavy atom. The van der Waals surface area contributed by atoms with Crippen LogP contribution in [0.3, 0.4) is 0 Å². The zero-order valence-corrected chi connectivity index (χ0v) is 15.6. The average molecular weight is 378 g/mol. The maximum Gasteiger partial charge on any atom is 0.127 e. The highest BCUT2D eigenvalue weighted by atomic mass is 16.5. The van der Waals surface area contributed by atoms with Gasteiger partial charge in [-0.1, -0.05) is 48.5 Å². The van der Waals surface area contributed by atoms with Gasteiger partial charge < -0.3 is 10.5 Å². The molecule has 0 spiro atoms. The first kappa shape index (κ1) is 18.1. The fourth-order valence-electron chi connectivity index (χ4n) is 2.89. The van der Waals surface area contributed by atoms with Gasteiger partial charge in [0.05, 0.1) is 11.3 Å². The summed E-state index contributed by atoms with van der Waals surface area (Å²) in [5, 5.41) is 14.1. The molecular formula is C24H18N4O. The molecule has 29 heavy (non-hydrogen) atoms. The first-order chi connectivity index (χ1) is 14.2. The number of anilines is 1. The zero-order valence-electron chi connectivity index (χ0n) is 15.6. The zero-order chi connectivity index (χ0) is 20.1. The standard InChI is InChI=1S/C24H18N4O/c25-17-19(23-16-24(26)28(27-23)20-7-3-1-4-8-20)15-18-11-13-22(14-12-18)29-21-9-5-2-6-10-21/h1-16H,26H2. The molecule has 4 aromatic rings. The Kier molecular flexibility index (Phi) is 5.08. The van der Waals surface area contributed by atoms with E-state index in [0.29, 0.717) is 17.1 Å². The lowest BCUT2D eigenvalue weighted by atomic mass is 10.1. The van der Waals surface area contributed by atoms with E-state index in [1.807, 2.05) is 84.9 Å². The maximum absolute atomic E-state index is 9.63. The number of aromatic nitrogens is 2. The molecule has 3 aromatic carbocycles. The second-order valence-electron chi connectivity index (χ2n) is 6.36. The van der Waals surface area contributed by atoms with E-state index in [-0.39, 0.29) is 0 Å². The van der Waals surface area contributed by atoms with Gasteiger partial charge in [-0.05, 0) is 48.0 Å². The van der Waals surface area contributed by atoms with Gasteiger partial charge in [-0.3, -0.25) is 0 Å². The molecule has 0 aliphatic rings. The lowest BCUT2D eigenvalue weighted by Gasteiger charge is -2.05. The molecule has 0 aliphatic carbocycles. The van der Waals surface area contributed by atoms with Crippen molar-refractivity contribution >= 4 is 17.5 Å². The van der Waals surface area contributed by atoms with Gasteiger partial charge in [0.25, 0.3) is 0 Å². The summed E-state index contributed by atoms with van der Waals surface area (Å²) < 4.78 is 7.42. The molecule has 0 bridgehead atoms. The summed E-state index contributed by atoms with van der Waals surface area (Å²) in [6, 6.07) is 30.6. The topological polar surface area (TPSA) is 76.9 Å². The van der Waals surface area contributed by atoms with Gasteiger partial charge in [0.1, 0.15) is 29.1 Å². The Balaban J connectivity index is 1.57. The van der Waals surface area contributed by atoms with Gasteiger partial charge in [0, 0.05) is 6.07 Å². The van der Waals surface area contributed by atoms with Crippen LogP contribution < -0.4 is 10.5 Å². The lowest BCUT2D eigenvalue weighted by Crippen LogP contribution is -2.01. The molecule has 0 atom stereocenters. The van der Waals surface area contributed by atoms with Crippen LogP contribution in [0, 0.1) is 11.3 Å². The monoisotopic (exact) mass is 378 g/mol. The van der Waals surface area contributed by atoms with Crippen LogP contribution in [-0.2, 0) is 0 Å². The van der Waals surface area contributed by atoms with Crippen molar-refractivity contribution in [3.63, 3.8) is 0 Å². The minimum absolute atomic E-state index is 0.433. The summed E-state index contributed by atoms with van der Waals surface area (Å²) in [6.45, 7) is 0. The van der Waals surface area contributed by atoms with Crippen LogP contribution >= 0.6 is 0 Å². The Hall–Kier alpha value is -4.30. The number of rotatable bonds is 5. The minimum atomic E-state index is 0.433. The molecular weight excluding hydrogens is 360 g/mol. The third-order valence-corrected chi connectivity index (χ3v) is 4.30. The number of nitrogens with zero attached hydrogens (tertiary/aromatic N) is 3. The number of nitrogen functional groups attached to an aromatic ring is 1. The normalized spacial score (nSPS) is 11.1. The first-order valence-electron chi connectivity index (χ1n) is 9.09. The van der Waals surface area contributed by atoms with Crippen LogP contribution in [0.2, 0.25) is 0 Å². The molecule has 0 unspecified atom stereocenters. The number of allylic oxidation sites excluding steroid dienone is 1. The van der Waals surface area contributed by atoms with Crippen molar-refractivity contribution in [3.8, 4) is 23.3 Å². The van der Waals surface area contributed by atoms with Gasteiger partial charge in [0.15, 0.2) is 0 Å². The van der Waals surface area contributed by atoms with Crippen molar-refractivity contribution in [1.82, 2.24) is 9.78 Å². The second kappa shape index (κ2) is 8.15. The number of benzene rings is 3. The van der Waals surface area contributed by atoms with Crippen molar-refractivity contribution in [2.75, 3.05) is 5.73 Å². The van der Waals surface area contributed by atoms with Crippen LogP contribution in [-0.4, -0.2) is 9.78 Å². The Morgan fingerprint density at radius 2 is 1.52 bits per heavy atom. The third-order valence-electron chi connectivity index (χ3n) is 4.30. The molecule has 2 N–H and O–H groups in total. The van der Waals surface area contributed by atoms with Crippen LogP contribution in [0.15, 0.2) is 91.0 Å². The molecule has 0 fully saturated rings. The van der Waals surface area contributed by atoms with Crippen molar-refractivity contribution < 1.29 is 4.74 Å². The number of nitrogens with two attached hydrogens (primary N) is 1. The quantitative estimate of drug-likeness (QED) is 0.477. The predicted molar refractivity (Wildman–Crippen MR) is 114 cm³/mol. The first-order valence-corrected chi connectivity index (χ1v) is 9.09. The highest BCUT2D eigenvalue weighted by Crippen LogP contribution is 2.24. The molecule has 5 heteroatoms. The fraction of sp³-hybridized carbons (Fsp3) is 0. The van der Waals surface area contributed by atoms with Gasteiger partial charge in [0.2, 0.25) is 0 Å². The lowest BCUT2D eigenvalue weighted by molar-refractivity contribution is 0.482. The predicted octanol–water partition coefficient (Wildman–Crippen LogP) is 5.31. The van der Waals surface area contributed by atoms with E-state index in [2.05, 4.69) is 11.2 Å². The van der Waals surface area contributed by atoms with E-state index >= 15 is 0 Å². The van der Waals surface area contributed by atoms with E-state index in [1.54, 1.807) is 16.8 Å². The van der Waals surface area contributed by atoms with Gasteiger partial charge >= 0.3 is 0 Å². The van der Waals surface area contributed by atoms with Crippen molar-refractivity contribution in [1.29, 1.82) is 5.26 Å². The molecule has 1 aromatic heterocycles. The number of ether oxygens (including phenoxy) is 1. The Labute approximate surface area is 168 Å². The van der Waals surface area contributed by atoms with Crippen molar-refractivity contribution in [3.05, 3.63) is 102 Å². The molecule has 0 saturated carbocycles. The molecule has 0 amide bonds. The van der Waals surface area contributed by atoms with E-state index in [9.17, 15) is 5.26 Å². The average Bonchev–Trinajstić information content (AvgIpc) is 3.16. The van der Waals surface area contributed by atoms with Crippen molar-refractivity contribution in [2.24, 2.45) is 0 Å². The smallest absolute Gasteiger partial charge is 0.127 e. The number of hydrogen-bond acceptors (Lipinski definition) is 4. The Morgan fingerprint density at radius 1 is 0.897 bits per heavy atom.